The highest BCUT2D eigenvalue weighted by Gasteiger charge is 2.21. The van der Waals surface area contributed by atoms with Crippen LogP contribution in [-0.2, 0) is 13.0 Å². The van der Waals surface area contributed by atoms with Crippen LogP contribution in [0.1, 0.15) is 28.4 Å². The van der Waals surface area contributed by atoms with Gasteiger partial charge in [-0.3, -0.25) is 4.79 Å². The van der Waals surface area contributed by atoms with Gasteiger partial charge in [-0.1, -0.05) is 12.1 Å². The van der Waals surface area contributed by atoms with Gasteiger partial charge >= 0.3 is 0 Å². The summed E-state index contributed by atoms with van der Waals surface area (Å²) in [5.41, 5.74) is 6.99. The molecular formula is C21H20F2N2O3S. The van der Waals surface area contributed by atoms with Crippen molar-refractivity contribution < 1.29 is 23.8 Å². The van der Waals surface area contributed by atoms with Gasteiger partial charge in [-0.2, -0.15) is 0 Å². The molecule has 1 atom stereocenters. The van der Waals surface area contributed by atoms with E-state index in [1.165, 1.54) is 25.1 Å². The first-order chi connectivity index (χ1) is 13.8. The molecule has 0 aliphatic carbocycles. The zero-order valence-electron chi connectivity index (χ0n) is 15.6. The van der Waals surface area contributed by atoms with Gasteiger partial charge in [0.2, 0.25) is 0 Å². The van der Waals surface area contributed by atoms with Crippen LogP contribution in [0, 0.1) is 11.6 Å². The van der Waals surface area contributed by atoms with Gasteiger partial charge in [0.1, 0.15) is 16.6 Å². The van der Waals surface area contributed by atoms with Gasteiger partial charge in [-0.05, 0) is 54.8 Å². The Balaban J connectivity index is 1.99. The van der Waals surface area contributed by atoms with Crippen LogP contribution in [0.2, 0.25) is 0 Å². The predicted octanol–water partition coefficient (Wildman–Crippen LogP) is 3.95. The zero-order chi connectivity index (χ0) is 21.1. The molecule has 0 fully saturated rings. The number of hydrogen-bond acceptors (Lipinski definition) is 5. The van der Waals surface area contributed by atoms with Gasteiger partial charge in [0.05, 0.1) is 23.8 Å². The second-order valence-corrected chi connectivity index (χ2v) is 7.74. The molecule has 1 heterocycles. The Hall–Kier alpha value is -2.81. The highest BCUT2D eigenvalue weighted by Crippen LogP contribution is 2.39. The Labute approximate surface area is 170 Å². The molecule has 0 bridgehead atoms. The number of hydrogen-bond donors (Lipinski definition) is 4. The fourth-order valence-corrected chi connectivity index (χ4v) is 4.07. The summed E-state index contributed by atoms with van der Waals surface area (Å²) in [6.07, 6.45) is -0.599. The third-order valence-corrected chi connectivity index (χ3v) is 5.34. The Morgan fingerprint density at radius 1 is 1.14 bits per heavy atom. The van der Waals surface area contributed by atoms with Crippen LogP contribution >= 0.6 is 11.3 Å². The van der Waals surface area contributed by atoms with E-state index in [1.807, 2.05) is 0 Å². The van der Waals surface area contributed by atoms with Crippen molar-refractivity contribution >= 4 is 27.9 Å². The molecule has 3 aromatic rings. The predicted molar refractivity (Wildman–Crippen MR) is 109 cm³/mol. The number of primary amides is 1. The average molecular weight is 418 g/mol. The SMILES string of the molecule is CC(O)Cc1cc(F)c(-c2cc(C(N)=O)c(Nc3ccc(CO)cc3)s2)c(F)c1. The molecule has 8 heteroatoms. The molecule has 5 nitrogen and oxygen atoms in total. The van der Waals surface area contributed by atoms with E-state index in [2.05, 4.69) is 5.32 Å². The highest BCUT2D eigenvalue weighted by atomic mass is 32.1. The molecule has 2 aromatic carbocycles. The molecule has 0 aliphatic heterocycles. The molecular weight excluding hydrogens is 398 g/mol. The van der Waals surface area contributed by atoms with E-state index in [0.29, 0.717) is 16.3 Å². The minimum atomic E-state index is -0.781. The van der Waals surface area contributed by atoms with Crippen LogP contribution in [0.15, 0.2) is 42.5 Å². The van der Waals surface area contributed by atoms with Gasteiger partial charge in [-0.25, -0.2) is 8.78 Å². The number of nitrogens with two attached hydrogens (primary N) is 1. The van der Waals surface area contributed by atoms with Gasteiger partial charge in [0, 0.05) is 10.6 Å². The van der Waals surface area contributed by atoms with Gasteiger partial charge in [0.25, 0.3) is 5.91 Å². The van der Waals surface area contributed by atoms with Crippen LogP contribution in [-0.4, -0.2) is 22.2 Å². The van der Waals surface area contributed by atoms with Crippen molar-refractivity contribution in [2.75, 3.05) is 5.32 Å². The number of nitrogens with one attached hydrogen (secondary N) is 1. The molecule has 1 aromatic heterocycles. The van der Waals surface area contributed by atoms with E-state index in [-0.39, 0.29) is 29.0 Å². The molecule has 152 valence electrons. The van der Waals surface area contributed by atoms with Crippen LogP contribution < -0.4 is 11.1 Å². The van der Waals surface area contributed by atoms with Crippen molar-refractivity contribution in [1.82, 2.24) is 0 Å². The number of aliphatic hydroxyl groups is 2. The minimum Gasteiger partial charge on any atom is -0.393 e. The molecule has 0 aliphatic rings. The lowest BCUT2D eigenvalue weighted by Gasteiger charge is -2.08. The fourth-order valence-electron chi connectivity index (χ4n) is 2.93. The molecule has 3 rings (SSSR count). The maximum atomic E-state index is 14.6. The van der Waals surface area contributed by atoms with Crippen molar-refractivity contribution in [2.24, 2.45) is 5.73 Å². The van der Waals surface area contributed by atoms with E-state index in [9.17, 15) is 18.7 Å². The average Bonchev–Trinajstić information content (AvgIpc) is 3.04. The topological polar surface area (TPSA) is 95.6 Å². The fraction of sp³-hybridized carbons (Fsp3) is 0.190. The van der Waals surface area contributed by atoms with Gasteiger partial charge < -0.3 is 21.3 Å². The van der Waals surface area contributed by atoms with E-state index in [1.54, 1.807) is 24.3 Å². The van der Waals surface area contributed by atoms with Crippen molar-refractivity contribution in [3.8, 4) is 10.4 Å². The number of carbonyl (C=O) groups is 1. The number of halogens is 2. The lowest BCUT2D eigenvalue weighted by molar-refractivity contribution is 0.100. The Morgan fingerprint density at radius 2 is 1.76 bits per heavy atom. The number of benzene rings is 2. The van der Waals surface area contributed by atoms with Crippen molar-refractivity contribution in [2.45, 2.75) is 26.1 Å². The lowest BCUT2D eigenvalue weighted by atomic mass is 10.0. The third kappa shape index (κ3) is 4.79. The Morgan fingerprint density at radius 3 is 2.28 bits per heavy atom. The summed E-state index contributed by atoms with van der Waals surface area (Å²) in [6.45, 7) is 1.44. The summed E-state index contributed by atoms with van der Waals surface area (Å²) >= 11 is 1.00. The number of rotatable bonds is 7. The number of anilines is 2. The second-order valence-electron chi connectivity index (χ2n) is 6.69. The summed E-state index contributed by atoms with van der Waals surface area (Å²) in [7, 11) is 0. The molecule has 0 saturated heterocycles. The zero-order valence-corrected chi connectivity index (χ0v) is 16.4. The quantitative estimate of drug-likeness (QED) is 0.467. The maximum Gasteiger partial charge on any atom is 0.251 e. The first-order valence-electron chi connectivity index (χ1n) is 8.85. The molecule has 5 N–H and O–H groups in total. The van der Waals surface area contributed by atoms with Crippen molar-refractivity contribution in [3.05, 3.63) is 70.8 Å². The van der Waals surface area contributed by atoms with Gasteiger partial charge in [-0.15, -0.1) is 11.3 Å². The van der Waals surface area contributed by atoms with Crippen molar-refractivity contribution in [1.29, 1.82) is 0 Å². The molecule has 29 heavy (non-hydrogen) atoms. The van der Waals surface area contributed by atoms with E-state index >= 15 is 0 Å². The van der Waals surface area contributed by atoms with Crippen LogP contribution in [0.3, 0.4) is 0 Å². The first-order valence-corrected chi connectivity index (χ1v) is 9.67. The Bertz CT molecular complexity index is 1010. The normalized spacial score (nSPS) is 12.0. The van der Waals surface area contributed by atoms with E-state index < -0.39 is 23.6 Å². The number of carbonyl (C=O) groups excluding carboxylic acids is 1. The maximum absolute atomic E-state index is 14.6. The molecule has 0 radical (unpaired) electrons. The summed E-state index contributed by atoms with van der Waals surface area (Å²) in [5, 5.41) is 21.9. The minimum absolute atomic E-state index is 0.0976. The summed E-state index contributed by atoms with van der Waals surface area (Å²) in [6, 6.07) is 10.5. The van der Waals surface area contributed by atoms with Crippen LogP contribution in [0.25, 0.3) is 10.4 Å². The molecule has 0 spiro atoms. The summed E-state index contributed by atoms with van der Waals surface area (Å²) in [4.78, 5) is 12.1. The summed E-state index contributed by atoms with van der Waals surface area (Å²) in [5.74, 6) is -2.29. The number of amides is 1. The van der Waals surface area contributed by atoms with E-state index in [0.717, 1.165) is 16.9 Å². The molecule has 0 saturated carbocycles. The summed E-state index contributed by atoms with van der Waals surface area (Å²) < 4.78 is 29.2. The smallest absolute Gasteiger partial charge is 0.251 e. The highest BCUT2D eigenvalue weighted by molar-refractivity contribution is 7.20. The van der Waals surface area contributed by atoms with Gasteiger partial charge in [0.15, 0.2) is 0 Å². The monoisotopic (exact) mass is 418 g/mol. The Kier molecular flexibility index (Phi) is 6.26. The third-order valence-electron chi connectivity index (χ3n) is 4.27. The largest absolute Gasteiger partial charge is 0.393 e. The lowest BCUT2D eigenvalue weighted by Crippen LogP contribution is -2.11. The van der Waals surface area contributed by atoms with E-state index in [4.69, 9.17) is 10.8 Å². The molecule has 1 unspecified atom stereocenters. The van der Waals surface area contributed by atoms with Crippen LogP contribution in [0.4, 0.5) is 19.5 Å². The number of aliphatic hydroxyl groups excluding tert-OH is 2. The number of thiophene rings is 1. The van der Waals surface area contributed by atoms with Crippen LogP contribution in [0.5, 0.6) is 0 Å². The second kappa shape index (κ2) is 8.69. The molecule has 1 amide bonds. The van der Waals surface area contributed by atoms with Crippen molar-refractivity contribution in [3.63, 3.8) is 0 Å². The first kappa shape index (κ1) is 20.9. The standard InChI is InChI=1S/C21H20F2N2O3S/c1-11(27)6-13-7-16(22)19(17(23)8-13)18-9-15(20(24)28)21(29-18)25-14-4-2-12(10-26)3-5-14/h2-5,7-9,11,25-27H,6,10H2,1H3,(H2,24,28).